The number of hydrogen-bond acceptors (Lipinski definition) is 6. The predicted molar refractivity (Wildman–Crippen MR) is 122 cm³/mol. The van der Waals surface area contributed by atoms with E-state index in [-0.39, 0.29) is 18.2 Å². The van der Waals surface area contributed by atoms with E-state index in [1.165, 1.54) is 0 Å². The molecule has 2 aliphatic heterocycles. The zero-order valence-electron chi connectivity index (χ0n) is 18.4. The first-order chi connectivity index (χ1) is 16.1. The fourth-order valence-electron chi connectivity index (χ4n) is 4.15. The molecule has 33 heavy (non-hydrogen) atoms. The number of aromatic nitrogens is 2. The van der Waals surface area contributed by atoms with E-state index in [9.17, 15) is 9.59 Å². The largest absolute Gasteiger partial charge is 0.497 e. The molecule has 1 aromatic heterocycles. The van der Waals surface area contributed by atoms with E-state index >= 15 is 0 Å². The van der Waals surface area contributed by atoms with Crippen LogP contribution in [-0.4, -0.2) is 41.9 Å². The Morgan fingerprint density at radius 1 is 1.21 bits per heavy atom. The van der Waals surface area contributed by atoms with E-state index in [1.54, 1.807) is 30.0 Å². The van der Waals surface area contributed by atoms with Crippen LogP contribution in [0.2, 0.25) is 0 Å². The Bertz CT molecular complexity index is 1240. The van der Waals surface area contributed by atoms with Crippen LogP contribution in [0.1, 0.15) is 25.1 Å². The van der Waals surface area contributed by atoms with Crippen LogP contribution in [0.25, 0.3) is 11.1 Å². The van der Waals surface area contributed by atoms with Crippen molar-refractivity contribution < 1.29 is 23.8 Å². The summed E-state index contributed by atoms with van der Waals surface area (Å²) in [6.45, 7) is 2.97. The molecule has 2 amide bonds. The number of fused-ring (bicyclic) bond motifs is 2. The van der Waals surface area contributed by atoms with Gasteiger partial charge in [0.15, 0.2) is 11.5 Å². The van der Waals surface area contributed by atoms with Gasteiger partial charge in [-0.25, -0.2) is 4.68 Å². The summed E-state index contributed by atoms with van der Waals surface area (Å²) in [5.41, 5.74) is 3.17. The number of carbonyl (C=O) groups excluding carboxylic acids is 2. The summed E-state index contributed by atoms with van der Waals surface area (Å²) in [6.07, 6.45) is 0.633. The van der Waals surface area contributed by atoms with Gasteiger partial charge in [-0.3, -0.25) is 9.59 Å². The number of carbonyl (C=O) groups is 2. The molecule has 9 nitrogen and oxygen atoms in total. The van der Waals surface area contributed by atoms with E-state index in [0.717, 1.165) is 16.8 Å². The molecule has 1 atom stereocenters. The monoisotopic (exact) mass is 448 g/mol. The SMILES string of the molecule is CCc1nn2c(c1-c1cccc(OC)c1)NC(=O)C2CC(=O)Nc1ccc2c(c1)OCCO2. The van der Waals surface area contributed by atoms with Gasteiger partial charge in [0.2, 0.25) is 5.91 Å². The van der Waals surface area contributed by atoms with Crippen LogP contribution in [0.3, 0.4) is 0 Å². The highest BCUT2D eigenvalue weighted by Crippen LogP contribution is 2.40. The molecular formula is C24H24N4O5. The maximum absolute atomic E-state index is 12.8. The van der Waals surface area contributed by atoms with Gasteiger partial charge in [-0.05, 0) is 36.2 Å². The topological polar surface area (TPSA) is 104 Å². The molecule has 2 aliphatic rings. The lowest BCUT2D eigenvalue weighted by Crippen LogP contribution is -2.24. The number of rotatable bonds is 6. The lowest BCUT2D eigenvalue weighted by Gasteiger charge is -2.19. The summed E-state index contributed by atoms with van der Waals surface area (Å²) in [4.78, 5) is 25.6. The first-order valence-electron chi connectivity index (χ1n) is 10.8. The summed E-state index contributed by atoms with van der Waals surface area (Å²) in [5, 5.41) is 10.4. The number of aryl methyl sites for hydroxylation is 1. The van der Waals surface area contributed by atoms with Crippen LogP contribution in [-0.2, 0) is 16.0 Å². The van der Waals surface area contributed by atoms with E-state index < -0.39 is 6.04 Å². The van der Waals surface area contributed by atoms with Crippen molar-refractivity contribution >= 4 is 23.3 Å². The Morgan fingerprint density at radius 2 is 2.03 bits per heavy atom. The van der Waals surface area contributed by atoms with Gasteiger partial charge < -0.3 is 24.8 Å². The number of nitrogens with one attached hydrogen (secondary N) is 2. The highest BCUT2D eigenvalue weighted by atomic mass is 16.6. The van der Waals surface area contributed by atoms with Crippen LogP contribution in [0.5, 0.6) is 17.2 Å². The Morgan fingerprint density at radius 3 is 2.82 bits per heavy atom. The van der Waals surface area contributed by atoms with Crippen molar-refractivity contribution in [2.45, 2.75) is 25.8 Å². The molecule has 0 fully saturated rings. The van der Waals surface area contributed by atoms with Gasteiger partial charge in [-0.15, -0.1) is 0 Å². The Hall–Kier alpha value is -4.01. The zero-order chi connectivity index (χ0) is 22.9. The molecule has 0 radical (unpaired) electrons. The van der Waals surface area contributed by atoms with Crippen molar-refractivity contribution in [2.24, 2.45) is 0 Å². The van der Waals surface area contributed by atoms with Gasteiger partial charge in [-0.2, -0.15) is 5.10 Å². The Kier molecular flexibility index (Phi) is 5.37. The molecule has 3 heterocycles. The molecule has 0 saturated carbocycles. The summed E-state index contributed by atoms with van der Waals surface area (Å²) < 4.78 is 18.0. The Labute approximate surface area is 190 Å². The summed E-state index contributed by atoms with van der Waals surface area (Å²) in [6, 6.07) is 12.1. The predicted octanol–water partition coefficient (Wildman–Crippen LogP) is 3.41. The third-order valence-electron chi connectivity index (χ3n) is 5.72. The summed E-state index contributed by atoms with van der Waals surface area (Å²) in [5.74, 6) is 1.99. The highest BCUT2D eigenvalue weighted by Gasteiger charge is 2.36. The zero-order valence-corrected chi connectivity index (χ0v) is 18.4. The second kappa shape index (κ2) is 8.50. The molecule has 3 aromatic rings. The normalized spacial score (nSPS) is 16.2. The van der Waals surface area contributed by atoms with E-state index in [1.807, 2.05) is 31.2 Å². The van der Waals surface area contributed by atoms with Gasteiger partial charge in [0.25, 0.3) is 5.91 Å². The first-order valence-corrected chi connectivity index (χ1v) is 10.8. The number of nitrogens with zero attached hydrogens (tertiary/aromatic N) is 2. The molecule has 2 N–H and O–H groups in total. The van der Waals surface area contributed by atoms with Gasteiger partial charge in [0.1, 0.15) is 30.8 Å². The number of anilines is 2. The molecule has 9 heteroatoms. The van der Waals surface area contributed by atoms with E-state index in [2.05, 4.69) is 15.7 Å². The van der Waals surface area contributed by atoms with Crippen molar-refractivity contribution in [2.75, 3.05) is 31.0 Å². The van der Waals surface area contributed by atoms with Gasteiger partial charge in [0, 0.05) is 17.3 Å². The summed E-state index contributed by atoms with van der Waals surface area (Å²) in [7, 11) is 1.61. The molecule has 170 valence electrons. The standard InChI is InChI=1S/C24H24N4O5/c1-3-17-22(14-5-4-6-16(11-14)31-2)23-26-24(30)18(28(23)27-17)13-21(29)25-15-7-8-19-20(12-15)33-10-9-32-19/h4-8,11-12,18H,3,9-10,13H2,1-2H3,(H,25,29)(H,26,30). The summed E-state index contributed by atoms with van der Waals surface area (Å²) >= 11 is 0. The van der Waals surface area contributed by atoms with Crippen LogP contribution in [0, 0.1) is 0 Å². The lowest BCUT2D eigenvalue weighted by atomic mass is 10.0. The van der Waals surface area contributed by atoms with Crippen molar-refractivity contribution in [1.29, 1.82) is 0 Å². The van der Waals surface area contributed by atoms with Gasteiger partial charge in [-0.1, -0.05) is 19.1 Å². The molecule has 2 aromatic carbocycles. The van der Waals surface area contributed by atoms with Gasteiger partial charge >= 0.3 is 0 Å². The Balaban J connectivity index is 1.38. The lowest BCUT2D eigenvalue weighted by molar-refractivity contribution is -0.123. The minimum atomic E-state index is -0.734. The molecule has 5 rings (SSSR count). The molecule has 0 aliphatic carbocycles. The van der Waals surface area contributed by atoms with Crippen molar-refractivity contribution in [3.63, 3.8) is 0 Å². The number of benzene rings is 2. The average Bonchev–Trinajstić information content (AvgIpc) is 3.34. The van der Waals surface area contributed by atoms with Crippen molar-refractivity contribution in [3.05, 3.63) is 48.2 Å². The van der Waals surface area contributed by atoms with Crippen LogP contribution in [0.4, 0.5) is 11.5 Å². The van der Waals surface area contributed by atoms with Crippen LogP contribution < -0.4 is 24.8 Å². The third kappa shape index (κ3) is 3.86. The molecular weight excluding hydrogens is 424 g/mol. The van der Waals surface area contributed by atoms with Crippen molar-refractivity contribution in [3.8, 4) is 28.4 Å². The quantitative estimate of drug-likeness (QED) is 0.599. The van der Waals surface area contributed by atoms with E-state index in [4.69, 9.17) is 14.2 Å². The molecule has 0 saturated heterocycles. The second-order valence-corrected chi connectivity index (χ2v) is 7.82. The number of ether oxygens (including phenoxy) is 3. The van der Waals surface area contributed by atoms with Crippen LogP contribution in [0.15, 0.2) is 42.5 Å². The molecule has 0 bridgehead atoms. The van der Waals surface area contributed by atoms with Crippen LogP contribution >= 0.6 is 0 Å². The maximum atomic E-state index is 12.8. The van der Waals surface area contributed by atoms with Crippen molar-refractivity contribution in [1.82, 2.24) is 9.78 Å². The fraction of sp³-hybridized carbons (Fsp3) is 0.292. The number of hydrogen-bond donors (Lipinski definition) is 2. The minimum absolute atomic E-state index is 0.0460. The first kappa shape index (κ1) is 20.9. The number of amides is 2. The molecule has 0 spiro atoms. The fourth-order valence-corrected chi connectivity index (χ4v) is 4.15. The van der Waals surface area contributed by atoms with Gasteiger partial charge in [0.05, 0.1) is 19.2 Å². The smallest absolute Gasteiger partial charge is 0.251 e. The maximum Gasteiger partial charge on any atom is 0.251 e. The second-order valence-electron chi connectivity index (χ2n) is 7.82. The third-order valence-corrected chi connectivity index (χ3v) is 5.72. The number of methoxy groups -OCH3 is 1. The average molecular weight is 448 g/mol. The molecule has 1 unspecified atom stereocenters. The van der Waals surface area contributed by atoms with E-state index in [0.29, 0.717) is 48.4 Å². The minimum Gasteiger partial charge on any atom is -0.497 e. The highest BCUT2D eigenvalue weighted by molar-refractivity contribution is 6.04.